The molecule has 2 heterocycles. The number of hydrogen-bond acceptors (Lipinski definition) is 4. The Balaban J connectivity index is 1.63. The molecule has 3 rings (SSSR count). The number of nitrogens with zero attached hydrogens (tertiary/aromatic N) is 3. The van der Waals surface area contributed by atoms with Gasteiger partial charge in [-0.3, -0.25) is 9.48 Å². The van der Waals surface area contributed by atoms with Crippen molar-refractivity contribution < 1.29 is 15.0 Å². The molecular weight excluding hydrogens is 306 g/mol. The van der Waals surface area contributed by atoms with E-state index in [1.165, 1.54) is 18.2 Å². The number of phenolic OH excluding ortho intramolecular Hbond substituents is 2. The van der Waals surface area contributed by atoms with E-state index in [9.17, 15) is 15.0 Å². The van der Waals surface area contributed by atoms with Gasteiger partial charge < -0.3 is 15.1 Å². The summed E-state index contributed by atoms with van der Waals surface area (Å²) in [6, 6.07) is 6.42. The molecule has 0 aliphatic carbocycles. The summed E-state index contributed by atoms with van der Waals surface area (Å²) in [5.41, 5.74) is 2.18. The molecule has 6 heteroatoms. The molecule has 128 valence electrons. The van der Waals surface area contributed by atoms with Crippen LogP contribution >= 0.6 is 0 Å². The summed E-state index contributed by atoms with van der Waals surface area (Å²) in [5, 5.41) is 24.2. The van der Waals surface area contributed by atoms with Gasteiger partial charge in [-0.05, 0) is 50.8 Å². The van der Waals surface area contributed by atoms with Crippen LogP contribution in [0.25, 0.3) is 0 Å². The number of carbonyl (C=O) groups excluding carboxylic acids is 1. The predicted octanol–water partition coefficient (Wildman–Crippen LogP) is 2.46. The molecule has 1 amide bonds. The summed E-state index contributed by atoms with van der Waals surface area (Å²) >= 11 is 0. The lowest BCUT2D eigenvalue weighted by molar-refractivity contribution is 0.0674. The summed E-state index contributed by atoms with van der Waals surface area (Å²) in [6.07, 6.45) is 1.77. The van der Waals surface area contributed by atoms with E-state index in [0.717, 1.165) is 30.8 Å². The minimum atomic E-state index is -0.310. The molecule has 0 unspecified atom stereocenters. The smallest absolute Gasteiger partial charge is 0.261 e. The molecule has 6 nitrogen and oxygen atoms in total. The molecule has 2 aromatic rings. The first-order chi connectivity index (χ1) is 11.5. The van der Waals surface area contributed by atoms with Crippen molar-refractivity contribution in [2.24, 2.45) is 5.92 Å². The Morgan fingerprint density at radius 3 is 2.38 bits per heavy atom. The fourth-order valence-corrected chi connectivity index (χ4v) is 3.33. The largest absolute Gasteiger partial charge is 0.507 e. The number of rotatable bonds is 3. The highest BCUT2D eigenvalue weighted by Gasteiger charge is 2.27. The molecule has 1 aliphatic heterocycles. The molecule has 0 saturated carbocycles. The van der Waals surface area contributed by atoms with Crippen molar-refractivity contribution in [3.8, 4) is 11.5 Å². The van der Waals surface area contributed by atoms with Crippen LogP contribution < -0.4 is 0 Å². The van der Waals surface area contributed by atoms with Gasteiger partial charge in [-0.1, -0.05) is 6.07 Å². The Morgan fingerprint density at radius 1 is 1.21 bits per heavy atom. The monoisotopic (exact) mass is 329 g/mol. The molecule has 0 spiro atoms. The zero-order valence-corrected chi connectivity index (χ0v) is 14.1. The van der Waals surface area contributed by atoms with E-state index < -0.39 is 0 Å². The van der Waals surface area contributed by atoms with Gasteiger partial charge in [0.2, 0.25) is 0 Å². The number of aryl methyl sites for hydroxylation is 2. The molecule has 1 aromatic carbocycles. The van der Waals surface area contributed by atoms with E-state index in [0.29, 0.717) is 19.0 Å². The molecule has 1 saturated heterocycles. The SMILES string of the molecule is Cc1cc(C)n(CC2CCN(C(=O)c3c(O)cccc3O)CC2)n1. The third-order valence-corrected chi connectivity index (χ3v) is 4.67. The maximum absolute atomic E-state index is 12.6. The molecular formula is C18H23N3O3. The number of carbonyl (C=O) groups is 1. The number of piperidine rings is 1. The van der Waals surface area contributed by atoms with E-state index in [2.05, 4.69) is 18.1 Å². The average Bonchev–Trinajstić information content (AvgIpc) is 2.85. The molecule has 0 radical (unpaired) electrons. The quantitative estimate of drug-likeness (QED) is 0.907. The highest BCUT2D eigenvalue weighted by atomic mass is 16.3. The van der Waals surface area contributed by atoms with Gasteiger partial charge in [0.15, 0.2) is 0 Å². The van der Waals surface area contributed by atoms with Crippen LogP contribution in [0.4, 0.5) is 0 Å². The lowest BCUT2D eigenvalue weighted by atomic mass is 9.96. The second-order valence-corrected chi connectivity index (χ2v) is 6.52. The van der Waals surface area contributed by atoms with E-state index >= 15 is 0 Å². The average molecular weight is 329 g/mol. The van der Waals surface area contributed by atoms with Gasteiger partial charge in [0.1, 0.15) is 17.1 Å². The van der Waals surface area contributed by atoms with E-state index in [1.807, 2.05) is 11.6 Å². The number of hydrogen-bond donors (Lipinski definition) is 2. The second kappa shape index (κ2) is 6.55. The van der Waals surface area contributed by atoms with Gasteiger partial charge in [0.05, 0.1) is 5.69 Å². The molecule has 0 bridgehead atoms. The Bertz CT molecular complexity index is 726. The van der Waals surface area contributed by atoms with Crippen LogP contribution in [0.5, 0.6) is 11.5 Å². The Labute approximate surface area is 141 Å². The third kappa shape index (κ3) is 3.22. The van der Waals surface area contributed by atoms with E-state index in [1.54, 1.807) is 4.90 Å². The van der Waals surface area contributed by atoms with Gasteiger partial charge in [0, 0.05) is 25.3 Å². The van der Waals surface area contributed by atoms with Crippen molar-refractivity contribution in [3.63, 3.8) is 0 Å². The first-order valence-corrected chi connectivity index (χ1v) is 8.27. The van der Waals surface area contributed by atoms with E-state index in [-0.39, 0.29) is 23.0 Å². The van der Waals surface area contributed by atoms with Crippen LogP contribution in [-0.2, 0) is 6.54 Å². The summed E-state index contributed by atoms with van der Waals surface area (Å²) in [4.78, 5) is 14.3. The van der Waals surface area contributed by atoms with Crippen molar-refractivity contribution in [2.45, 2.75) is 33.2 Å². The van der Waals surface area contributed by atoms with Crippen molar-refractivity contribution in [2.75, 3.05) is 13.1 Å². The molecule has 1 fully saturated rings. The van der Waals surface area contributed by atoms with Gasteiger partial charge in [-0.15, -0.1) is 0 Å². The van der Waals surface area contributed by atoms with Crippen LogP contribution in [0.15, 0.2) is 24.3 Å². The van der Waals surface area contributed by atoms with Gasteiger partial charge in [-0.2, -0.15) is 5.10 Å². The van der Waals surface area contributed by atoms with E-state index in [4.69, 9.17) is 0 Å². The lowest BCUT2D eigenvalue weighted by Crippen LogP contribution is -2.39. The van der Waals surface area contributed by atoms with Crippen LogP contribution in [0, 0.1) is 19.8 Å². The summed E-state index contributed by atoms with van der Waals surface area (Å²) < 4.78 is 2.03. The Kier molecular flexibility index (Phi) is 4.46. The summed E-state index contributed by atoms with van der Waals surface area (Å²) in [7, 11) is 0. The summed E-state index contributed by atoms with van der Waals surface area (Å²) in [5.74, 6) is -0.185. The first-order valence-electron chi connectivity index (χ1n) is 8.27. The minimum Gasteiger partial charge on any atom is -0.507 e. The van der Waals surface area contributed by atoms with Crippen LogP contribution in [0.3, 0.4) is 0 Å². The van der Waals surface area contributed by atoms with Gasteiger partial charge >= 0.3 is 0 Å². The number of likely N-dealkylation sites (tertiary alicyclic amines) is 1. The fraction of sp³-hybridized carbons (Fsp3) is 0.444. The minimum absolute atomic E-state index is 0.00510. The van der Waals surface area contributed by atoms with Crippen molar-refractivity contribution >= 4 is 5.91 Å². The van der Waals surface area contributed by atoms with Crippen LogP contribution in [0.1, 0.15) is 34.6 Å². The highest BCUT2D eigenvalue weighted by Crippen LogP contribution is 2.29. The Hall–Kier alpha value is -2.50. The lowest BCUT2D eigenvalue weighted by Gasteiger charge is -2.32. The van der Waals surface area contributed by atoms with Crippen LogP contribution in [0.2, 0.25) is 0 Å². The second-order valence-electron chi connectivity index (χ2n) is 6.52. The fourth-order valence-electron chi connectivity index (χ4n) is 3.33. The van der Waals surface area contributed by atoms with Gasteiger partial charge in [-0.25, -0.2) is 0 Å². The number of phenols is 2. The standard InChI is InChI=1S/C18H23N3O3/c1-12-10-13(2)21(19-12)11-14-6-8-20(9-7-14)18(24)17-15(22)4-3-5-16(17)23/h3-5,10,14,22-23H,6-9,11H2,1-2H3. The molecule has 2 N–H and O–H groups in total. The number of aromatic nitrogens is 2. The Morgan fingerprint density at radius 2 is 1.83 bits per heavy atom. The predicted molar refractivity (Wildman–Crippen MR) is 90.1 cm³/mol. The van der Waals surface area contributed by atoms with Crippen LogP contribution in [-0.4, -0.2) is 43.9 Å². The number of amides is 1. The van der Waals surface area contributed by atoms with Crippen molar-refractivity contribution in [1.29, 1.82) is 0 Å². The maximum atomic E-state index is 12.6. The molecule has 1 aliphatic rings. The normalized spacial score (nSPS) is 15.7. The highest BCUT2D eigenvalue weighted by molar-refractivity contribution is 5.99. The number of aromatic hydroxyl groups is 2. The summed E-state index contributed by atoms with van der Waals surface area (Å²) in [6.45, 7) is 6.15. The third-order valence-electron chi connectivity index (χ3n) is 4.67. The van der Waals surface area contributed by atoms with Crippen molar-refractivity contribution in [3.05, 3.63) is 41.2 Å². The molecule has 24 heavy (non-hydrogen) atoms. The zero-order valence-electron chi connectivity index (χ0n) is 14.1. The van der Waals surface area contributed by atoms with Gasteiger partial charge in [0.25, 0.3) is 5.91 Å². The maximum Gasteiger partial charge on any atom is 0.261 e. The first kappa shape index (κ1) is 16.4. The number of benzene rings is 1. The zero-order chi connectivity index (χ0) is 17.3. The molecule has 1 aromatic heterocycles. The van der Waals surface area contributed by atoms with Crippen molar-refractivity contribution in [1.82, 2.24) is 14.7 Å². The molecule has 0 atom stereocenters. The topological polar surface area (TPSA) is 78.6 Å².